The summed E-state index contributed by atoms with van der Waals surface area (Å²) in [6.07, 6.45) is 2.04. The van der Waals surface area contributed by atoms with E-state index in [2.05, 4.69) is 4.90 Å². The number of rotatable bonds is 4. The first kappa shape index (κ1) is 7.98. The fraction of sp³-hybridized carbons (Fsp3) is 1.00. The first-order valence-corrected chi connectivity index (χ1v) is 3.84. The van der Waals surface area contributed by atoms with Gasteiger partial charge in [0.25, 0.3) is 0 Å². The van der Waals surface area contributed by atoms with Gasteiger partial charge in [-0.3, -0.25) is 4.90 Å². The van der Waals surface area contributed by atoms with Crippen LogP contribution in [0.4, 0.5) is 0 Å². The van der Waals surface area contributed by atoms with E-state index < -0.39 is 0 Å². The number of hydrogen-bond acceptors (Lipinski definition) is 3. The molecule has 0 aromatic carbocycles. The maximum atomic E-state index is 8.60. The second kappa shape index (κ2) is 3.91. The van der Waals surface area contributed by atoms with Crippen LogP contribution < -0.4 is 0 Å². The van der Waals surface area contributed by atoms with Crippen molar-refractivity contribution in [1.82, 2.24) is 4.90 Å². The predicted molar refractivity (Wildman–Crippen MR) is 38.8 cm³/mol. The first-order chi connectivity index (χ1) is 4.88. The third kappa shape index (κ3) is 1.68. The van der Waals surface area contributed by atoms with E-state index in [0.29, 0.717) is 6.04 Å². The van der Waals surface area contributed by atoms with Crippen molar-refractivity contribution in [3.8, 4) is 0 Å². The highest BCUT2D eigenvalue weighted by atomic mass is 16.3. The highest BCUT2D eigenvalue weighted by Crippen LogP contribution is 2.18. The molecule has 1 rings (SSSR count). The molecule has 1 saturated heterocycles. The molecule has 2 N–H and O–H groups in total. The zero-order chi connectivity index (χ0) is 7.40. The molecule has 0 saturated carbocycles. The van der Waals surface area contributed by atoms with Gasteiger partial charge in [-0.1, -0.05) is 0 Å². The Balaban J connectivity index is 2.09. The minimum absolute atomic E-state index is 0.238. The first-order valence-electron chi connectivity index (χ1n) is 3.84. The lowest BCUT2D eigenvalue weighted by Gasteiger charge is -2.40. The SMILES string of the molecule is OCCC1CCN1CCO. The Morgan fingerprint density at radius 2 is 2.10 bits per heavy atom. The van der Waals surface area contributed by atoms with Crippen LogP contribution in [0.2, 0.25) is 0 Å². The number of aliphatic hydroxyl groups is 2. The molecular formula is C7H15NO2. The summed E-state index contributed by atoms with van der Waals surface area (Å²) in [7, 11) is 0. The lowest BCUT2D eigenvalue weighted by molar-refractivity contribution is 0.0511. The summed E-state index contributed by atoms with van der Waals surface area (Å²) in [5.74, 6) is 0. The number of aliphatic hydroxyl groups excluding tert-OH is 2. The highest BCUT2D eigenvalue weighted by Gasteiger charge is 2.25. The molecule has 0 aromatic rings. The fourth-order valence-corrected chi connectivity index (χ4v) is 1.39. The largest absolute Gasteiger partial charge is 0.396 e. The molecule has 3 heteroatoms. The molecule has 1 atom stereocenters. The number of hydrogen-bond donors (Lipinski definition) is 2. The van der Waals surface area contributed by atoms with Gasteiger partial charge in [0, 0.05) is 25.7 Å². The van der Waals surface area contributed by atoms with Crippen LogP contribution in [0.15, 0.2) is 0 Å². The van der Waals surface area contributed by atoms with E-state index in [1.165, 1.54) is 6.42 Å². The van der Waals surface area contributed by atoms with Crippen molar-refractivity contribution in [2.24, 2.45) is 0 Å². The molecule has 0 amide bonds. The lowest BCUT2D eigenvalue weighted by atomic mass is 10.0. The van der Waals surface area contributed by atoms with Crippen molar-refractivity contribution in [3.05, 3.63) is 0 Å². The summed E-state index contributed by atoms with van der Waals surface area (Å²) in [6, 6.07) is 0.539. The molecule has 0 aliphatic carbocycles. The molecule has 3 nitrogen and oxygen atoms in total. The summed E-state index contributed by atoms with van der Waals surface area (Å²) >= 11 is 0. The predicted octanol–water partition coefficient (Wildman–Crippen LogP) is -0.565. The van der Waals surface area contributed by atoms with Crippen molar-refractivity contribution in [3.63, 3.8) is 0 Å². The standard InChI is InChI=1S/C7H15NO2/c9-5-2-7-1-3-8(7)4-6-10/h7,9-10H,1-6H2. The Hall–Kier alpha value is -0.120. The molecule has 0 radical (unpaired) electrons. The van der Waals surface area contributed by atoms with Crippen LogP contribution in [-0.4, -0.2) is 47.5 Å². The lowest BCUT2D eigenvalue weighted by Crippen LogP contribution is -2.49. The molecular weight excluding hydrogens is 130 g/mol. The Morgan fingerprint density at radius 3 is 2.50 bits per heavy atom. The van der Waals surface area contributed by atoms with Crippen LogP contribution in [0, 0.1) is 0 Å². The molecule has 0 aromatic heterocycles. The third-order valence-electron chi connectivity index (χ3n) is 2.12. The van der Waals surface area contributed by atoms with Crippen molar-refractivity contribution in [2.45, 2.75) is 18.9 Å². The fourth-order valence-electron chi connectivity index (χ4n) is 1.39. The van der Waals surface area contributed by atoms with Crippen LogP contribution in [0.1, 0.15) is 12.8 Å². The van der Waals surface area contributed by atoms with Gasteiger partial charge >= 0.3 is 0 Å². The average Bonchev–Trinajstić information content (AvgIpc) is 1.93. The minimum Gasteiger partial charge on any atom is -0.396 e. The van der Waals surface area contributed by atoms with Gasteiger partial charge in [0.1, 0.15) is 0 Å². The van der Waals surface area contributed by atoms with Crippen LogP contribution in [0.25, 0.3) is 0 Å². The second-order valence-electron chi connectivity index (χ2n) is 2.71. The van der Waals surface area contributed by atoms with E-state index in [4.69, 9.17) is 10.2 Å². The Morgan fingerprint density at radius 1 is 1.30 bits per heavy atom. The molecule has 10 heavy (non-hydrogen) atoms. The molecule has 1 heterocycles. The summed E-state index contributed by atoms with van der Waals surface area (Å²) in [6.45, 7) is 2.37. The number of nitrogens with zero attached hydrogens (tertiary/aromatic N) is 1. The topological polar surface area (TPSA) is 43.7 Å². The van der Waals surface area contributed by atoms with E-state index in [0.717, 1.165) is 19.5 Å². The van der Waals surface area contributed by atoms with Gasteiger partial charge < -0.3 is 10.2 Å². The van der Waals surface area contributed by atoms with E-state index in [1.807, 2.05) is 0 Å². The normalized spacial score (nSPS) is 26.4. The van der Waals surface area contributed by atoms with Gasteiger partial charge in [0.2, 0.25) is 0 Å². The number of likely N-dealkylation sites (tertiary alicyclic amines) is 1. The van der Waals surface area contributed by atoms with Crippen LogP contribution in [0.5, 0.6) is 0 Å². The van der Waals surface area contributed by atoms with Crippen molar-refractivity contribution in [2.75, 3.05) is 26.3 Å². The zero-order valence-electron chi connectivity index (χ0n) is 6.16. The van der Waals surface area contributed by atoms with Gasteiger partial charge in [-0.2, -0.15) is 0 Å². The van der Waals surface area contributed by atoms with Crippen molar-refractivity contribution < 1.29 is 10.2 Å². The molecule has 0 bridgehead atoms. The second-order valence-corrected chi connectivity index (χ2v) is 2.71. The van der Waals surface area contributed by atoms with Gasteiger partial charge in [-0.25, -0.2) is 0 Å². The van der Waals surface area contributed by atoms with Crippen molar-refractivity contribution in [1.29, 1.82) is 0 Å². The third-order valence-corrected chi connectivity index (χ3v) is 2.12. The van der Waals surface area contributed by atoms with Crippen molar-refractivity contribution >= 4 is 0 Å². The van der Waals surface area contributed by atoms with Crippen LogP contribution in [-0.2, 0) is 0 Å². The molecule has 1 unspecified atom stereocenters. The minimum atomic E-state index is 0.238. The Bertz CT molecular complexity index is 85.6. The molecule has 1 aliphatic rings. The summed E-state index contributed by atoms with van der Waals surface area (Å²) in [5.41, 5.74) is 0. The highest BCUT2D eigenvalue weighted by molar-refractivity contribution is 4.81. The van der Waals surface area contributed by atoms with E-state index in [9.17, 15) is 0 Å². The number of β-amino-alcohol motifs (C(OH)–C–C–N with tert-alkyl or cyclic N) is 1. The van der Waals surface area contributed by atoms with Gasteiger partial charge in [-0.05, 0) is 12.8 Å². The Labute approximate surface area is 61.3 Å². The smallest absolute Gasteiger partial charge is 0.0558 e. The Kier molecular flexibility index (Phi) is 3.12. The quantitative estimate of drug-likeness (QED) is 0.557. The summed E-state index contributed by atoms with van der Waals surface area (Å²) < 4.78 is 0. The summed E-state index contributed by atoms with van der Waals surface area (Å²) in [5, 5.41) is 17.2. The monoisotopic (exact) mass is 145 g/mol. The maximum Gasteiger partial charge on any atom is 0.0558 e. The van der Waals surface area contributed by atoms with Gasteiger partial charge in [-0.15, -0.1) is 0 Å². The average molecular weight is 145 g/mol. The van der Waals surface area contributed by atoms with E-state index in [-0.39, 0.29) is 13.2 Å². The molecule has 1 aliphatic heterocycles. The van der Waals surface area contributed by atoms with Gasteiger partial charge in [0.05, 0.1) is 6.61 Å². The zero-order valence-corrected chi connectivity index (χ0v) is 6.16. The molecule has 0 spiro atoms. The van der Waals surface area contributed by atoms with E-state index in [1.54, 1.807) is 0 Å². The molecule has 1 fully saturated rings. The summed E-state index contributed by atoms with van der Waals surface area (Å²) in [4.78, 5) is 2.20. The van der Waals surface area contributed by atoms with E-state index >= 15 is 0 Å². The maximum absolute atomic E-state index is 8.60. The molecule has 60 valence electrons. The van der Waals surface area contributed by atoms with Crippen LogP contribution in [0.3, 0.4) is 0 Å². The van der Waals surface area contributed by atoms with Gasteiger partial charge in [0.15, 0.2) is 0 Å². The van der Waals surface area contributed by atoms with Crippen LogP contribution >= 0.6 is 0 Å².